The molecule has 0 saturated heterocycles. The van der Waals surface area contributed by atoms with Crippen LogP contribution in [0.15, 0.2) is 35.1 Å². The fourth-order valence-electron chi connectivity index (χ4n) is 3.48. The number of aromatic nitrogens is 2. The molecule has 0 unspecified atom stereocenters. The number of esters is 1. The van der Waals surface area contributed by atoms with Crippen molar-refractivity contribution in [2.45, 2.75) is 46.2 Å². The highest BCUT2D eigenvalue weighted by Crippen LogP contribution is 2.33. The van der Waals surface area contributed by atoms with Crippen LogP contribution in [0.4, 0.5) is 11.4 Å². The zero-order valence-corrected chi connectivity index (χ0v) is 18.8. The molecule has 172 valence electrons. The van der Waals surface area contributed by atoms with E-state index in [1.165, 1.54) is 13.4 Å². The molecule has 0 aliphatic carbocycles. The van der Waals surface area contributed by atoms with Crippen LogP contribution in [0.5, 0.6) is 0 Å². The molecule has 0 radical (unpaired) electrons. The van der Waals surface area contributed by atoms with Crippen molar-refractivity contribution in [1.82, 2.24) is 9.55 Å². The quantitative estimate of drug-likeness (QED) is 0.408. The average Bonchev–Trinajstić information content (AvgIpc) is 3.39. The third-order valence-corrected chi connectivity index (χ3v) is 5.17. The number of hydrogen-bond donors (Lipinski definition) is 3. The summed E-state index contributed by atoms with van der Waals surface area (Å²) in [6.45, 7) is 6.75. The molecule has 0 aliphatic rings. The summed E-state index contributed by atoms with van der Waals surface area (Å²) in [6.07, 6.45) is 4.48. The third-order valence-electron chi connectivity index (χ3n) is 5.17. The maximum absolute atomic E-state index is 12.8. The Morgan fingerprint density at radius 1 is 1.28 bits per heavy atom. The average molecular weight is 443 g/mol. The van der Waals surface area contributed by atoms with E-state index < -0.39 is 11.9 Å². The first-order chi connectivity index (χ1) is 15.3. The van der Waals surface area contributed by atoms with E-state index >= 15 is 0 Å². The Balaban J connectivity index is 2.14. The van der Waals surface area contributed by atoms with Gasteiger partial charge in [-0.15, -0.1) is 0 Å². The van der Waals surface area contributed by atoms with E-state index in [1.807, 2.05) is 13.0 Å². The van der Waals surface area contributed by atoms with Gasteiger partial charge < -0.3 is 29.5 Å². The highest BCUT2D eigenvalue weighted by atomic mass is 16.5. The van der Waals surface area contributed by atoms with Crippen LogP contribution in [0, 0.1) is 5.92 Å². The van der Waals surface area contributed by atoms with Gasteiger partial charge in [0, 0.05) is 24.6 Å². The molecule has 3 aromatic rings. The van der Waals surface area contributed by atoms with E-state index in [2.05, 4.69) is 29.5 Å². The van der Waals surface area contributed by atoms with Gasteiger partial charge in [-0.05, 0) is 43.9 Å². The van der Waals surface area contributed by atoms with Crippen LogP contribution in [-0.4, -0.2) is 46.3 Å². The number of hydrogen-bond acceptors (Lipinski definition) is 7. The molecule has 9 nitrogen and oxygen atoms in total. The topological polar surface area (TPSA) is 119 Å². The number of aliphatic hydroxyl groups is 1. The number of methoxy groups -OCH3 is 1. The van der Waals surface area contributed by atoms with Gasteiger partial charge >= 0.3 is 5.97 Å². The lowest BCUT2D eigenvalue weighted by Crippen LogP contribution is -2.17. The van der Waals surface area contributed by atoms with Crippen molar-refractivity contribution in [3.05, 3.63) is 42.1 Å². The number of rotatable bonds is 10. The standard InChI is InChI=1S/C23H30N4O5/c1-14(2)7-9-27-20(23(30)31-4)19(26-22(29)18-6-5-11-32-18)17-12-16(13-24-21(17)27)25-15(3)8-10-28/h5-6,11-15,25,28H,7-10H2,1-4H3,(H,26,29)/t15-/m1/s1. The van der Waals surface area contributed by atoms with E-state index in [9.17, 15) is 14.7 Å². The molecular formula is C23H30N4O5. The first-order valence-electron chi connectivity index (χ1n) is 10.7. The summed E-state index contributed by atoms with van der Waals surface area (Å²) >= 11 is 0. The Kier molecular flexibility index (Phi) is 7.53. The number of amides is 1. The second-order valence-corrected chi connectivity index (χ2v) is 8.13. The predicted octanol–water partition coefficient (Wildman–Crippen LogP) is 3.90. The highest BCUT2D eigenvalue weighted by Gasteiger charge is 2.27. The van der Waals surface area contributed by atoms with Crippen molar-refractivity contribution < 1.29 is 23.8 Å². The number of furan rings is 1. The number of nitrogens with zero attached hydrogens (tertiary/aromatic N) is 2. The summed E-state index contributed by atoms with van der Waals surface area (Å²) in [5.41, 5.74) is 1.84. The lowest BCUT2D eigenvalue weighted by Gasteiger charge is -2.14. The molecule has 3 N–H and O–H groups in total. The summed E-state index contributed by atoms with van der Waals surface area (Å²) in [4.78, 5) is 30.2. The lowest BCUT2D eigenvalue weighted by atomic mass is 10.1. The summed E-state index contributed by atoms with van der Waals surface area (Å²) in [5.74, 6) is -0.512. The molecule has 0 fully saturated rings. The van der Waals surface area contributed by atoms with Crippen molar-refractivity contribution in [2.24, 2.45) is 5.92 Å². The monoisotopic (exact) mass is 442 g/mol. The van der Waals surface area contributed by atoms with Crippen LogP contribution < -0.4 is 10.6 Å². The van der Waals surface area contributed by atoms with Gasteiger partial charge in [-0.1, -0.05) is 13.8 Å². The van der Waals surface area contributed by atoms with Gasteiger partial charge in [0.1, 0.15) is 5.65 Å². The number of carbonyl (C=O) groups excluding carboxylic acids is 2. The lowest BCUT2D eigenvalue weighted by molar-refractivity contribution is 0.0589. The Hall–Kier alpha value is -3.33. The van der Waals surface area contributed by atoms with E-state index in [0.29, 0.717) is 41.3 Å². The van der Waals surface area contributed by atoms with E-state index in [0.717, 1.165) is 6.42 Å². The molecule has 0 saturated carbocycles. The van der Waals surface area contributed by atoms with Crippen molar-refractivity contribution in [3.8, 4) is 0 Å². The second-order valence-electron chi connectivity index (χ2n) is 8.13. The summed E-state index contributed by atoms with van der Waals surface area (Å²) < 4.78 is 12.0. The zero-order chi connectivity index (χ0) is 23.3. The minimum absolute atomic E-state index is 0.0171. The second kappa shape index (κ2) is 10.3. The predicted molar refractivity (Wildman–Crippen MR) is 122 cm³/mol. The maximum Gasteiger partial charge on any atom is 0.356 e. The van der Waals surface area contributed by atoms with Gasteiger partial charge in [0.2, 0.25) is 0 Å². The third kappa shape index (κ3) is 5.11. The number of carbonyl (C=O) groups is 2. The molecular weight excluding hydrogens is 412 g/mol. The normalized spacial score (nSPS) is 12.2. The van der Waals surface area contributed by atoms with Crippen molar-refractivity contribution in [3.63, 3.8) is 0 Å². The smallest absolute Gasteiger partial charge is 0.356 e. The van der Waals surface area contributed by atoms with Gasteiger partial charge in [-0.2, -0.15) is 0 Å². The van der Waals surface area contributed by atoms with E-state index in [-0.39, 0.29) is 24.1 Å². The number of nitrogens with one attached hydrogen (secondary N) is 2. The number of aryl methyl sites for hydroxylation is 1. The van der Waals surface area contributed by atoms with E-state index in [1.54, 1.807) is 22.9 Å². The summed E-state index contributed by atoms with van der Waals surface area (Å²) in [7, 11) is 1.31. The molecule has 0 bridgehead atoms. The molecule has 3 aromatic heterocycles. The van der Waals surface area contributed by atoms with Crippen LogP contribution in [-0.2, 0) is 11.3 Å². The van der Waals surface area contributed by atoms with Crippen molar-refractivity contribution in [1.29, 1.82) is 0 Å². The van der Waals surface area contributed by atoms with Crippen LogP contribution in [0.1, 0.15) is 54.7 Å². The largest absolute Gasteiger partial charge is 0.464 e. The number of fused-ring (bicyclic) bond motifs is 1. The van der Waals surface area contributed by atoms with Gasteiger partial charge in [-0.3, -0.25) is 4.79 Å². The molecule has 1 amide bonds. The summed E-state index contributed by atoms with van der Waals surface area (Å²) in [5, 5.41) is 15.9. The van der Waals surface area contributed by atoms with Crippen molar-refractivity contribution >= 4 is 34.3 Å². The molecule has 0 aliphatic heterocycles. The number of ether oxygens (including phenoxy) is 1. The number of anilines is 2. The molecule has 3 heterocycles. The van der Waals surface area contributed by atoms with Gasteiger partial charge in [0.15, 0.2) is 11.5 Å². The Bertz CT molecular complexity index is 1070. The van der Waals surface area contributed by atoms with Gasteiger partial charge in [0.05, 0.1) is 30.9 Å². The Morgan fingerprint density at radius 3 is 2.69 bits per heavy atom. The number of pyridine rings is 1. The van der Waals surface area contributed by atoms with Crippen molar-refractivity contribution in [2.75, 3.05) is 24.4 Å². The molecule has 0 aromatic carbocycles. The fraction of sp³-hybridized carbons (Fsp3) is 0.435. The van der Waals surface area contributed by atoms with Gasteiger partial charge in [-0.25, -0.2) is 9.78 Å². The van der Waals surface area contributed by atoms with Crippen LogP contribution in [0.25, 0.3) is 11.0 Å². The molecule has 9 heteroatoms. The van der Waals surface area contributed by atoms with Crippen LogP contribution in [0.3, 0.4) is 0 Å². The van der Waals surface area contributed by atoms with Gasteiger partial charge in [0.25, 0.3) is 5.91 Å². The van der Waals surface area contributed by atoms with E-state index in [4.69, 9.17) is 9.15 Å². The first-order valence-corrected chi connectivity index (χ1v) is 10.7. The number of aliphatic hydroxyl groups excluding tert-OH is 1. The fourth-order valence-corrected chi connectivity index (χ4v) is 3.48. The zero-order valence-electron chi connectivity index (χ0n) is 18.8. The molecule has 3 rings (SSSR count). The van der Waals surface area contributed by atoms with Crippen LogP contribution >= 0.6 is 0 Å². The van der Waals surface area contributed by atoms with Crippen LogP contribution in [0.2, 0.25) is 0 Å². The molecule has 0 spiro atoms. The molecule has 1 atom stereocenters. The highest BCUT2D eigenvalue weighted by molar-refractivity contribution is 6.14. The Morgan fingerprint density at radius 2 is 2.06 bits per heavy atom. The maximum atomic E-state index is 12.8. The summed E-state index contributed by atoms with van der Waals surface area (Å²) in [6, 6.07) is 5.02. The molecule has 32 heavy (non-hydrogen) atoms. The first kappa shape index (κ1) is 23.3. The minimum Gasteiger partial charge on any atom is -0.464 e. The minimum atomic E-state index is -0.565. The SMILES string of the molecule is COC(=O)c1c(NC(=O)c2ccco2)c2cc(N[C@H](C)CCO)cnc2n1CCC(C)C. The Labute approximate surface area is 186 Å².